The first-order chi connectivity index (χ1) is 8.36. The summed E-state index contributed by atoms with van der Waals surface area (Å²) in [7, 11) is 0. The van der Waals surface area contributed by atoms with E-state index in [2.05, 4.69) is 10.4 Å². The van der Waals surface area contributed by atoms with Gasteiger partial charge in [-0.25, -0.2) is 10.8 Å². The van der Waals surface area contributed by atoms with Crippen molar-refractivity contribution in [2.75, 3.05) is 5.43 Å². The van der Waals surface area contributed by atoms with Crippen molar-refractivity contribution in [1.29, 1.82) is 0 Å². The molecule has 98 valence electrons. The van der Waals surface area contributed by atoms with E-state index >= 15 is 0 Å². The molecule has 3 N–H and O–H groups in total. The normalized spacial score (nSPS) is 12.4. The van der Waals surface area contributed by atoms with E-state index in [0.717, 1.165) is 6.07 Å². The number of halogens is 3. The van der Waals surface area contributed by atoms with Crippen molar-refractivity contribution in [3.8, 4) is 0 Å². The number of benzene rings is 1. The highest BCUT2D eigenvalue weighted by Crippen LogP contribution is 2.36. The van der Waals surface area contributed by atoms with E-state index in [-0.39, 0.29) is 17.5 Å². The van der Waals surface area contributed by atoms with E-state index in [1.54, 1.807) is 10.6 Å². The number of nitrogens with zero attached hydrogens (tertiary/aromatic N) is 2. The number of para-hydroxylation sites is 1. The van der Waals surface area contributed by atoms with E-state index in [9.17, 15) is 13.2 Å². The summed E-state index contributed by atoms with van der Waals surface area (Å²) >= 11 is 0. The van der Waals surface area contributed by atoms with Gasteiger partial charge in [0.05, 0.1) is 11.1 Å². The van der Waals surface area contributed by atoms with Crippen LogP contribution in [0.4, 0.5) is 19.1 Å². The third-order valence-electron chi connectivity index (χ3n) is 2.67. The molecule has 0 amide bonds. The van der Waals surface area contributed by atoms with Gasteiger partial charge in [-0.3, -0.25) is 5.43 Å². The van der Waals surface area contributed by atoms with Gasteiger partial charge < -0.3 is 4.57 Å². The summed E-state index contributed by atoms with van der Waals surface area (Å²) in [6.45, 7) is 3.70. The van der Waals surface area contributed by atoms with Crippen LogP contribution in [0.15, 0.2) is 18.2 Å². The lowest BCUT2D eigenvalue weighted by atomic mass is 10.1. The molecule has 0 bridgehead atoms. The average molecular weight is 258 g/mol. The number of anilines is 1. The highest BCUT2D eigenvalue weighted by Gasteiger charge is 2.34. The van der Waals surface area contributed by atoms with Crippen molar-refractivity contribution in [2.24, 2.45) is 5.84 Å². The van der Waals surface area contributed by atoms with Crippen LogP contribution < -0.4 is 11.3 Å². The van der Waals surface area contributed by atoms with Crippen LogP contribution in [0.3, 0.4) is 0 Å². The van der Waals surface area contributed by atoms with Crippen molar-refractivity contribution in [3.05, 3.63) is 23.8 Å². The minimum Gasteiger partial charge on any atom is -0.307 e. The lowest BCUT2D eigenvalue weighted by Crippen LogP contribution is -2.14. The molecule has 0 fully saturated rings. The van der Waals surface area contributed by atoms with Crippen LogP contribution in [0.2, 0.25) is 0 Å². The summed E-state index contributed by atoms with van der Waals surface area (Å²) in [5, 5.41) is 0. The van der Waals surface area contributed by atoms with E-state index in [0.29, 0.717) is 5.52 Å². The molecule has 4 nitrogen and oxygen atoms in total. The number of rotatable bonds is 2. The van der Waals surface area contributed by atoms with Crippen LogP contribution in [0.1, 0.15) is 25.5 Å². The Hall–Kier alpha value is -1.76. The fraction of sp³-hybridized carbons (Fsp3) is 0.364. The number of nitrogens with one attached hydrogen (secondary N) is 1. The van der Waals surface area contributed by atoms with Gasteiger partial charge in [0.2, 0.25) is 5.95 Å². The number of hydrogen-bond donors (Lipinski definition) is 2. The first kappa shape index (κ1) is 12.7. The monoisotopic (exact) mass is 258 g/mol. The van der Waals surface area contributed by atoms with Gasteiger partial charge in [0.25, 0.3) is 0 Å². The molecule has 0 spiro atoms. The van der Waals surface area contributed by atoms with Gasteiger partial charge in [-0.05, 0) is 26.0 Å². The number of hydrogen-bond acceptors (Lipinski definition) is 3. The van der Waals surface area contributed by atoms with E-state index in [4.69, 9.17) is 5.84 Å². The predicted molar refractivity (Wildman–Crippen MR) is 62.9 cm³/mol. The molecule has 0 radical (unpaired) electrons. The van der Waals surface area contributed by atoms with E-state index < -0.39 is 11.7 Å². The first-order valence-corrected chi connectivity index (χ1v) is 5.41. The quantitative estimate of drug-likeness (QED) is 0.643. The molecule has 0 saturated heterocycles. The number of alkyl halides is 3. The minimum atomic E-state index is -4.43. The van der Waals surface area contributed by atoms with Crippen molar-refractivity contribution in [2.45, 2.75) is 26.1 Å². The van der Waals surface area contributed by atoms with Gasteiger partial charge in [-0.15, -0.1) is 0 Å². The lowest BCUT2D eigenvalue weighted by molar-refractivity contribution is -0.136. The maximum Gasteiger partial charge on any atom is 0.418 e. The Bertz CT molecular complexity index is 571. The third kappa shape index (κ3) is 1.90. The second-order valence-corrected chi connectivity index (χ2v) is 4.21. The third-order valence-corrected chi connectivity index (χ3v) is 2.67. The van der Waals surface area contributed by atoms with Gasteiger partial charge in [-0.2, -0.15) is 13.2 Å². The zero-order valence-electron chi connectivity index (χ0n) is 9.92. The molecule has 18 heavy (non-hydrogen) atoms. The highest BCUT2D eigenvalue weighted by molar-refractivity contribution is 5.82. The molecule has 7 heteroatoms. The summed E-state index contributed by atoms with van der Waals surface area (Å²) in [6.07, 6.45) is -4.43. The Morgan fingerprint density at radius 2 is 2.00 bits per heavy atom. The number of hydrazine groups is 1. The SMILES string of the molecule is CC(C)n1c(NN)nc2c(C(F)(F)F)cccc21. The van der Waals surface area contributed by atoms with Gasteiger partial charge in [-0.1, -0.05) is 6.07 Å². The fourth-order valence-electron chi connectivity index (χ4n) is 1.97. The predicted octanol–water partition coefficient (Wildman–Crippen LogP) is 2.92. The van der Waals surface area contributed by atoms with E-state index in [1.807, 2.05) is 13.8 Å². The molecule has 2 aromatic rings. The maximum absolute atomic E-state index is 12.9. The number of nitrogens with two attached hydrogens (primary N) is 1. The molecule has 0 aliphatic rings. The van der Waals surface area contributed by atoms with Crippen molar-refractivity contribution >= 4 is 17.0 Å². The van der Waals surface area contributed by atoms with Crippen molar-refractivity contribution < 1.29 is 13.2 Å². The average Bonchev–Trinajstić information content (AvgIpc) is 2.65. The molecule has 0 atom stereocenters. The summed E-state index contributed by atoms with van der Waals surface area (Å²) in [4.78, 5) is 3.93. The first-order valence-electron chi connectivity index (χ1n) is 5.41. The van der Waals surface area contributed by atoms with Crippen LogP contribution in [-0.2, 0) is 6.18 Å². The number of imidazole rings is 1. The maximum atomic E-state index is 12.9. The molecule has 0 aliphatic carbocycles. The van der Waals surface area contributed by atoms with E-state index in [1.165, 1.54) is 6.07 Å². The Morgan fingerprint density at radius 3 is 2.50 bits per heavy atom. The van der Waals surface area contributed by atoms with Crippen LogP contribution in [0.25, 0.3) is 11.0 Å². The molecular weight excluding hydrogens is 245 g/mol. The second kappa shape index (κ2) is 4.16. The number of aromatic nitrogens is 2. The van der Waals surface area contributed by atoms with Gasteiger partial charge in [0.15, 0.2) is 0 Å². The Kier molecular flexibility index (Phi) is 2.94. The zero-order chi connectivity index (χ0) is 13.5. The van der Waals surface area contributed by atoms with Gasteiger partial charge >= 0.3 is 6.18 Å². The van der Waals surface area contributed by atoms with Gasteiger partial charge in [0, 0.05) is 6.04 Å². The Balaban J connectivity index is 2.81. The molecule has 1 aromatic heterocycles. The van der Waals surface area contributed by atoms with Gasteiger partial charge in [0.1, 0.15) is 5.52 Å². The van der Waals surface area contributed by atoms with Crippen LogP contribution in [0, 0.1) is 0 Å². The lowest BCUT2D eigenvalue weighted by Gasteiger charge is -2.12. The summed E-state index contributed by atoms with van der Waals surface area (Å²) in [5.41, 5.74) is 1.89. The van der Waals surface area contributed by atoms with Crippen molar-refractivity contribution in [3.63, 3.8) is 0 Å². The van der Waals surface area contributed by atoms with Crippen LogP contribution >= 0.6 is 0 Å². The summed E-state index contributed by atoms with van der Waals surface area (Å²) in [6, 6.07) is 3.93. The summed E-state index contributed by atoms with van der Waals surface area (Å²) < 4.78 is 40.2. The summed E-state index contributed by atoms with van der Waals surface area (Å²) in [5.74, 6) is 5.52. The fourth-order valence-corrected chi connectivity index (χ4v) is 1.97. The topological polar surface area (TPSA) is 55.9 Å². The minimum absolute atomic E-state index is 0.0514. The molecule has 1 aromatic carbocycles. The molecule has 0 aliphatic heterocycles. The van der Waals surface area contributed by atoms with Crippen LogP contribution in [0.5, 0.6) is 0 Å². The standard InChI is InChI=1S/C11H13F3N4/c1-6(2)18-8-5-3-4-7(11(12,13)14)9(8)16-10(18)17-15/h3-6H,15H2,1-2H3,(H,16,17). The van der Waals surface area contributed by atoms with Crippen LogP contribution in [-0.4, -0.2) is 9.55 Å². The molecular formula is C11H13F3N4. The smallest absolute Gasteiger partial charge is 0.307 e. The van der Waals surface area contributed by atoms with Crippen molar-refractivity contribution in [1.82, 2.24) is 9.55 Å². The zero-order valence-corrected chi connectivity index (χ0v) is 9.92. The molecule has 0 saturated carbocycles. The Labute approximate surface area is 102 Å². The molecule has 0 unspecified atom stereocenters. The molecule has 2 rings (SSSR count). The molecule has 1 heterocycles. The highest BCUT2D eigenvalue weighted by atomic mass is 19.4. The number of nitrogen functional groups attached to an aromatic ring is 1. The second-order valence-electron chi connectivity index (χ2n) is 4.21. The Morgan fingerprint density at radius 1 is 1.33 bits per heavy atom. The number of fused-ring (bicyclic) bond motifs is 1. The largest absolute Gasteiger partial charge is 0.418 e.